The number of hydrogen-bond acceptors (Lipinski definition) is 0. The van der Waals surface area contributed by atoms with Crippen LogP contribution >= 0.6 is 0 Å². The maximum absolute atomic E-state index is 2.25. The van der Waals surface area contributed by atoms with Crippen molar-refractivity contribution in [2.24, 2.45) is 0 Å². The Bertz CT molecular complexity index is 6360. The van der Waals surface area contributed by atoms with Gasteiger partial charge in [-0.3, -0.25) is 0 Å². The van der Waals surface area contributed by atoms with Crippen molar-refractivity contribution in [2.75, 3.05) is 0 Å². The van der Waals surface area contributed by atoms with Crippen molar-refractivity contribution < 1.29 is 0 Å². The molecular weight excluding hydrogens is 1770 g/mol. The molecule has 0 saturated carbocycles. The van der Waals surface area contributed by atoms with Crippen LogP contribution in [0.25, 0.3) is 184 Å². The van der Waals surface area contributed by atoms with Crippen LogP contribution in [-0.4, -0.2) is 0 Å². The third kappa shape index (κ3) is 30.1. The van der Waals surface area contributed by atoms with Crippen LogP contribution in [0.5, 0.6) is 0 Å². The fourth-order valence-corrected chi connectivity index (χ4v) is 18.7. The van der Waals surface area contributed by atoms with Crippen LogP contribution in [0.15, 0.2) is 413 Å². The average molecular weight is 1950 g/mol. The molecule has 27 rings (SSSR count). The second-order valence-electron chi connectivity index (χ2n) is 29.9. The predicted octanol–water partition coefficient (Wildman–Crippen LogP) is 48.9. The highest BCUT2D eigenvalue weighted by atomic mass is 14.2. The van der Waals surface area contributed by atoms with Gasteiger partial charge in [0.05, 0.1) is 0 Å². The van der Waals surface area contributed by atoms with Crippen molar-refractivity contribution in [3.05, 3.63) is 446 Å². The summed E-state index contributed by atoms with van der Waals surface area (Å²) in [5.74, 6) is 0. The summed E-state index contributed by atoms with van der Waals surface area (Å²) in [4.78, 5) is 0. The lowest BCUT2D eigenvalue weighted by molar-refractivity contribution is 1.26. The van der Waals surface area contributed by atoms with Crippen molar-refractivity contribution in [1.29, 1.82) is 0 Å². The Kier molecular flexibility index (Phi) is 62.5. The van der Waals surface area contributed by atoms with E-state index < -0.39 is 0 Å². The summed E-state index contributed by atoms with van der Waals surface area (Å²) in [6.45, 7) is 72.0. The molecule has 0 saturated heterocycles. The Balaban J connectivity index is 0.000000420. The Morgan fingerprint density at radius 3 is 0.299 bits per heavy atom. The molecule has 0 N–H and O–H groups in total. The molecule has 24 aromatic rings. The molecule has 0 nitrogen and oxygen atoms in total. The number of benzene rings is 24. The van der Waals surface area contributed by atoms with Gasteiger partial charge in [0.25, 0.3) is 0 Å². The number of rotatable bonds is 0. The van der Waals surface area contributed by atoms with Gasteiger partial charge < -0.3 is 0 Å². The van der Waals surface area contributed by atoms with Crippen molar-refractivity contribution in [3.63, 3.8) is 0 Å². The number of hydrogen-bond donors (Lipinski definition) is 0. The van der Waals surface area contributed by atoms with Gasteiger partial charge in [-0.25, -0.2) is 0 Å². The highest BCUT2D eigenvalue weighted by Crippen LogP contribution is 2.45. The summed E-state index contributed by atoms with van der Waals surface area (Å²) < 4.78 is 0. The molecule has 0 unspecified atom stereocenters. The lowest BCUT2D eigenvalue weighted by Crippen LogP contribution is -1.85. The summed E-state index contributed by atoms with van der Waals surface area (Å²) >= 11 is 0. The first kappa shape index (κ1) is 127. The molecule has 0 aromatic heterocycles. The molecule has 0 bridgehead atoms. The summed E-state index contributed by atoms with van der Waals surface area (Å²) in [6.07, 6.45) is 3.31. The SMILES string of the molecule is CC.CC.CC.CC.CC.CC.CC.CC.CC.CC.CC.CC.CC.CC.CC.CC.CC.CC.c1cc2ccc3cccc4ccc(c1)c2c34.c1cc2ccc3cccc4ccc(c1)c2c34.c1cc2cccc3c4cccc5cccc(c(c1)c23)c54.c1cc2cccc3c4cccc5cccc(c(c1)c23)c54.c1ccc2c(c1)Cc1ccccc1-2.c1ccc2c(c1)Cc1ccccc1-2.c1ccc2c(c1)Cc1ccccc1-2. The molecule has 3 aliphatic rings. The van der Waals surface area contributed by atoms with Crippen molar-refractivity contribution in [3.8, 4) is 33.4 Å². The lowest BCUT2D eigenvalue weighted by atomic mass is 9.90. The topological polar surface area (TPSA) is 0 Å². The highest BCUT2D eigenvalue weighted by Gasteiger charge is 2.21. The van der Waals surface area contributed by atoms with Crippen LogP contribution in [0, 0.1) is 0 Å². The van der Waals surface area contributed by atoms with E-state index in [-0.39, 0.29) is 0 Å². The largest absolute Gasteiger partial charge is 0.0683 e. The zero-order chi connectivity index (χ0) is 109. The zero-order valence-corrected chi connectivity index (χ0v) is 97.4. The van der Waals surface area contributed by atoms with E-state index in [1.165, 1.54) is 218 Å². The van der Waals surface area contributed by atoms with E-state index >= 15 is 0 Å². The van der Waals surface area contributed by atoms with Crippen LogP contribution in [0.1, 0.15) is 283 Å². The summed E-state index contributed by atoms with van der Waals surface area (Å²) in [7, 11) is 0. The molecule has 24 aromatic carbocycles. The van der Waals surface area contributed by atoms with Gasteiger partial charge in [-0.05, 0) is 237 Å². The Morgan fingerprint density at radius 1 is 0.0884 bits per heavy atom. The van der Waals surface area contributed by atoms with E-state index in [4.69, 9.17) is 0 Å². The minimum absolute atomic E-state index is 1.10. The van der Waals surface area contributed by atoms with E-state index in [2.05, 4.69) is 413 Å². The van der Waals surface area contributed by atoms with Crippen LogP contribution in [0.2, 0.25) is 0 Å². The normalized spacial score (nSPS) is 9.82. The summed E-state index contributed by atoms with van der Waals surface area (Å²) in [6, 6.07) is 149. The maximum atomic E-state index is 2.25. The maximum Gasteiger partial charge on any atom is -0.00135 e. The van der Waals surface area contributed by atoms with E-state index in [0.717, 1.165) is 19.3 Å². The van der Waals surface area contributed by atoms with Gasteiger partial charge in [0.15, 0.2) is 0 Å². The van der Waals surface area contributed by atoms with Gasteiger partial charge in [-0.1, -0.05) is 662 Å². The van der Waals surface area contributed by atoms with Crippen LogP contribution in [0.3, 0.4) is 0 Å². The molecule has 0 aliphatic heterocycles. The van der Waals surface area contributed by atoms with Gasteiger partial charge >= 0.3 is 0 Å². The smallest absolute Gasteiger partial charge is 0.00135 e. The molecule has 0 radical (unpaired) electrons. The molecule has 770 valence electrons. The van der Waals surface area contributed by atoms with Crippen LogP contribution in [-0.2, 0) is 19.3 Å². The standard InChI is InChI=1S/2C20H12.2C16H10.3C13H10.18C2H6/c2*1-5-13-6-2-11-17-18-12-4-8-14-7-3-10-16(20(14)18)15(9-1)19(13)17;2*1-3-11-7-9-13-5-2-6-14-10-8-12(4-1)15(11)16(13)14;3*1-3-7-12-10(5-1)9-11-6-2-4-8-13(11)12;18*1-2/h2*1-12H;2*1-10H;3*1-8H,9H2;18*1-2H3. The molecule has 3 aliphatic carbocycles. The van der Waals surface area contributed by atoms with E-state index in [9.17, 15) is 0 Å². The molecule has 0 atom stereocenters. The summed E-state index contributed by atoms with van der Waals surface area (Å²) in [5, 5.41) is 38.1. The Labute approximate surface area is 892 Å². The van der Waals surface area contributed by atoms with Crippen LogP contribution in [0.4, 0.5) is 0 Å². The van der Waals surface area contributed by atoms with E-state index in [0.29, 0.717) is 0 Å². The molecule has 0 heterocycles. The number of fused-ring (bicyclic) bond motifs is 13. The second kappa shape index (κ2) is 72.3. The minimum atomic E-state index is 1.10. The fraction of sp³-hybridized carbons (Fsp3) is 0.265. The molecule has 0 spiro atoms. The molecule has 0 heteroatoms. The van der Waals surface area contributed by atoms with Gasteiger partial charge in [-0.15, -0.1) is 0 Å². The molecule has 0 amide bonds. The molecular formula is C147H182. The van der Waals surface area contributed by atoms with Crippen molar-refractivity contribution in [2.45, 2.75) is 269 Å². The fourth-order valence-electron chi connectivity index (χ4n) is 18.7. The van der Waals surface area contributed by atoms with Gasteiger partial charge in [-0.2, -0.15) is 0 Å². The first-order chi connectivity index (χ1) is 73.1. The average Bonchev–Trinajstić information content (AvgIpc) is 1.65. The third-order valence-electron chi connectivity index (χ3n) is 23.7. The Morgan fingerprint density at radius 2 is 0.184 bits per heavy atom. The third-order valence-corrected chi connectivity index (χ3v) is 23.7. The van der Waals surface area contributed by atoms with Gasteiger partial charge in [0.1, 0.15) is 0 Å². The van der Waals surface area contributed by atoms with Gasteiger partial charge in [0.2, 0.25) is 0 Å². The monoisotopic (exact) mass is 1950 g/mol. The Hall–Kier alpha value is -14.0. The second-order valence-corrected chi connectivity index (χ2v) is 29.9. The molecule has 0 fully saturated rings. The molecule has 147 heavy (non-hydrogen) atoms. The quantitative estimate of drug-likeness (QED) is 0.105. The van der Waals surface area contributed by atoms with Crippen LogP contribution < -0.4 is 0 Å². The van der Waals surface area contributed by atoms with Crippen molar-refractivity contribution >= 4 is 151 Å². The predicted molar refractivity (Wildman–Crippen MR) is 684 cm³/mol. The zero-order valence-electron chi connectivity index (χ0n) is 97.4. The van der Waals surface area contributed by atoms with E-state index in [1.54, 1.807) is 0 Å². The summed E-state index contributed by atoms with van der Waals surface area (Å²) in [5.41, 5.74) is 17.3. The first-order valence-corrected chi connectivity index (χ1v) is 56.9. The minimum Gasteiger partial charge on any atom is -0.0683 e. The highest BCUT2D eigenvalue weighted by molar-refractivity contribution is 6.34. The van der Waals surface area contributed by atoms with Gasteiger partial charge in [0, 0.05) is 0 Å². The van der Waals surface area contributed by atoms with Crippen molar-refractivity contribution in [1.82, 2.24) is 0 Å². The lowest BCUT2D eigenvalue weighted by Gasteiger charge is -2.13. The van der Waals surface area contributed by atoms with E-state index in [1.807, 2.05) is 249 Å². The first-order valence-electron chi connectivity index (χ1n) is 56.9.